The summed E-state index contributed by atoms with van der Waals surface area (Å²) >= 11 is 11.2. The lowest BCUT2D eigenvalue weighted by atomic mass is 10.1. The van der Waals surface area contributed by atoms with Gasteiger partial charge in [-0.1, -0.05) is 23.2 Å². The number of carboxylic acid groups (broad SMARTS) is 1. The molecule has 1 rings (SSSR count). The topological polar surface area (TPSA) is 72.5 Å². The van der Waals surface area contributed by atoms with Crippen LogP contribution in [0.5, 0.6) is 5.75 Å². The second kappa shape index (κ2) is 5.11. The summed E-state index contributed by atoms with van der Waals surface area (Å²) in [5.74, 6) is -2.06. The van der Waals surface area contributed by atoms with Gasteiger partial charge in [-0.3, -0.25) is 0 Å². The number of alkyl halides is 3. The van der Waals surface area contributed by atoms with Crippen molar-refractivity contribution in [2.75, 3.05) is 12.3 Å². The van der Waals surface area contributed by atoms with E-state index < -0.39 is 35.1 Å². The normalized spacial score (nSPS) is 11.4. The maximum Gasteiger partial charge on any atom is 0.422 e. The Balaban J connectivity index is 3.20. The molecule has 0 amide bonds. The van der Waals surface area contributed by atoms with Gasteiger partial charge in [-0.05, 0) is 6.07 Å². The van der Waals surface area contributed by atoms with E-state index in [1.165, 1.54) is 0 Å². The van der Waals surface area contributed by atoms with Crippen LogP contribution in [0.3, 0.4) is 0 Å². The van der Waals surface area contributed by atoms with Crippen LogP contribution in [0, 0.1) is 0 Å². The zero-order valence-electron chi connectivity index (χ0n) is 8.52. The molecule has 0 aliphatic carbocycles. The summed E-state index contributed by atoms with van der Waals surface area (Å²) in [4.78, 5) is 10.8. The molecule has 0 aliphatic heterocycles. The minimum absolute atomic E-state index is 0.267. The molecule has 9 heteroatoms. The van der Waals surface area contributed by atoms with Crippen LogP contribution in [0.1, 0.15) is 10.4 Å². The lowest BCUT2D eigenvalue weighted by Gasteiger charge is -2.14. The van der Waals surface area contributed by atoms with Crippen LogP contribution in [-0.4, -0.2) is 23.9 Å². The molecule has 0 fully saturated rings. The van der Waals surface area contributed by atoms with E-state index in [4.69, 9.17) is 34.0 Å². The smallest absolute Gasteiger partial charge is 0.422 e. The highest BCUT2D eigenvalue weighted by Gasteiger charge is 2.30. The minimum atomic E-state index is -4.60. The number of halogens is 5. The Morgan fingerprint density at radius 3 is 2.44 bits per heavy atom. The number of hydrogen-bond donors (Lipinski definition) is 2. The largest absolute Gasteiger partial charge is 0.481 e. The van der Waals surface area contributed by atoms with Gasteiger partial charge in [-0.15, -0.1) is 0 Å². The Morgan fingerprint density at radius 2 is 2.00 bits per heavy atom. The third-order valence-corrected chi connectivity index (χ3v) is 2.44. The molecule has 0 bridgehead atoms. The summed E-state index contributed by atoms with van der Waals surface area (Å²) in [6.07, 6.45) is -4.60. The summed E-state index contributed by atoms with van der Waals surface area (Å²) in [6, 6.07) is 0.961. The summed E-state index contributed by atoms with van der Waals surface area (Å²) in [6.45, 7) is -1.64. The lowest BCUT2D eigenvalue weighted by Crippen LogP contribution is -2.20. The first-order valence-corrected chi connectivity index (χ1v) is 5.09. The van der Waals surface area contributed by atoms with Crippen molar-refractivity contribution in [3.63, 3.8) is 0 Å². The molecular weight excluding hydrogens is 298 g/mol. The molecule has 3 N–H and O–H groups in total. The quantitative estimate of drug-likeness (QED) is 0.841. The third-order valence-electron chi connectivity index (χ3n) is 1.80. The zero-order valence-corrected chi connectivity index (χ0v) is 10.0. The van der Waals surface area contributed by atoms with Crippen molar-refractivity contribution >= 4 is 34.9 Å². The molecule has 0 saturated carbocycles. The second-order valence-corrected chi connectivity index (χ2v) is 3.96. The third kappa shape index (κ3) is 3.33. The average molecular weight is 304 g/mol. The fourth-order valence-corrected chi connectivity index (χ4v) is 1.78. The van der Waals surface area contributed by atoms with E-state index in [1.54, 1.807) is 0 Å². The van der Waals surface area contributed by atoms with E-state index in [1.807, 2.05) is 0 Å². The second-order valence-electron chi connectivity index (χ2n) is 3.17. The van der Waals surface area contributed by atoms with E-state index in [-0.39, 0.29) is 10.7 Å². The number of ether oxygens (including phenoxy) is 1. The van der Waals surface area contributed by atoms with Crippen molar-refractivity contribution in [2.45, 2.75) is 6.18 Å². The number of nitrogen functional groups attached to an aromatic ring is 1. The van der Waals surface area contributed by atoms with Gasteiger partial charge in [0.2, 0.25) is 0 Å². The highest BCUT2D eigenvalue weighted by molar-refractivity contribution is 6.39. The van der Waals surface area contributed by atoms with Gasteiger partial charge in [0.05, 0.1) is 5.02 Å². The summed E-state index contributed by atoms with van der Waals surface area (Å²) in [5.41, 5.74) is 4.52. The van der Waals surface area contributed by atoms with Crippen LogP contribution in [-0.2, 0) is 0 Å². The molecule has 18 heavy (non-hydrogen) atoms. The summed E-state index contributed by atoms with van der Waals surface area (Å²) < 4.78 is 40.3. The van der Waals surface area contributed by atoms with Crippen LogP contribution < -0.4 is 10.5 Å². The first-order chi connectivity index (χ1) is 8.13. The van der Waals surface area contributed by atoms with E-state index in [2.05, 4.69) is 4.74 Å². The first-order valence-electron chi connectivity index (χ1n) is 4.34. The molecule has 0 radical (unpaired) electrons. The van der Waals surface area contributed by atoms with Crippen molar-refractivity contribution in [1.29, 1.82) is 0 Å². The maximum atomic E-state index is 12.0. The Morgan fingerprint density at radius 1 is 1.44 bits per heavy atom. The van der Waals surface area contributed by atoms with Crippen LogP contribution in [0.2, 0.25) is 10.0 Å². The van der Waals surface area contributed by atoms with Crippen molar-refractivity contribution in [1.82, 2.24) is 0 Å². The molecule has 4 nitrogen and oxygen atoms in total. The van der Waals surface area contributed by atoms with E-state index >= 15 is 0 Å². The molecule has 0 unspecified atom stereocenters. The monoisotopic (exact) mass is 303 g/mol. The van der Waals surface area contributed by atoms with Gasteiger partial charge in [-0.2, -0.15) is 13.2 Å². The highest BCUT2D eigenvalue weighted by atomic mass is 35.5. The molecule has 0 saturated heterocycles. The fraction of sp³-hybridized carbons (Fsp3) is 0.222. The number of rotatable bonds is 3. The Labute approximate surface area is 109 Å². The lowest BCUT2D eigenvalue weighted by molar-refractivity contribution is -0.153. The van der Waals surface area contributed by atoms with Gasteiger partial charge in [0, 0.05) is 5.69 Å². The van der Waals surface area contributed by atoms with Gasteiger partial charge in [0.25, 0.3) is 0 Å². The van der Waals surface area contributed by atoms with Crippen molar-refractivity contribution in [3.05, 3.63) is 21.7 Å². The number of aromatic carboxylic acids is 1. The molecule has 1 aromatic carbocycles. The standard InChI is InChI=1S/C9H6Cl2F3NO3/c10-3-1-4(15)5(8(16)17)6(11)7(3)18-2-9(12,13)14/h1H,2,15H2,(H,16,17). The fourth-order valence-electron chi connectivity index (χ4n) is 1.12. The number of anilines is 1. The molecule has 0 spiro atoms. The van der Waals surface area contributed by atoms with Crippen LogP contribution in [0.25, 0.3) is 0 Å². The van der Waals surface area contributed by atoms with Crippen molar-refractivity contribution in [3.8, 4) is 5.75 Å². The van der Waals surface area contributed by atoms with Gasteiger partial charge in [0.15, 0.2) is 12.4 Å². The van der Waals surface area contributed by atoms with E-state index in [0.717, 1.165) is 6.07 Å². The molecular formula is C9H6Cl2F3NO3. The van der Waals surface area contributed by atoms with Gasteiger partial charge in [-0.25, -0.2) is 4.79 Å². The summed E-state index contributed by atoms with van der Waals surface area (Å²) in [7, 11) is 0. The highest BCUT2D eigenvalue weighted by Crippen LogP contribution is 2.39. The van der Waals surface area contributed by atoms with Gasteiger partial charge < -0.3 is 15.6 Å². The van der Waals surface area contributed by atoms with Crippen LogP contribution in [0.15, 0.2) is 6.07 Å². The molecule has 100 valence electrons. The number of carboxylic acids is 1. The van der Waals surface area contributed by atoms with Gasteiger partial charge >= 0.3 is 12.1 Å². The van der Waals surface area contributed by atoms with Crippen LogP contribution >= 0.6 is 23.2 Å². The number of benzene rings is 1. The molecule has 0 aliphatic rings. The predicted octanol–water partition coefficient (Wildman–Crippen LogP) is 3.21. The molecule has 1 aromatic rings. The minimum Gasteiger partial charge on any atom is -0.481 e. The number of hydrogen-bond acceptors (Lipinski definition) is 3. The number of carbonyl (C=O) groups is 1. The maximum absolute atomic E-state index is 12.0. The Hall–Kier alpha value is -1.34. The summed E-state index contributed by atoms with van der Waals surface area (Å²) in [5, 5.41) is 7.93. The van der Waals surface area contributed by atoms with E-state index in [9.17, 15) is 18.0 Å². The van der Waals surface area contributed by atoms with Crippen molar-refractivity contribution < 1.29 is 27.8 Å². The SMILES string of the molecule is Nc1cc(Cl)c(OCC(F)(F)F)c(Cl)c1C(=O)O. The molecule has 0 aromatic heterocycles. The Bertz CT molecular complexity index is 491. The van der Waals surface area contributed by atoms with Crippen molar-refractivity contribution in [2.24, 2.45) is 0 Å². The Kier molecular flexibility index (Phi) is 4.18. The molecule has 0 atom stereocenters. The van der Waals surface area contributed by atoms with E-state index in [0.29, 0.717) is 0 Å². The first kappa shape index (κ1) is 14.7. The average Bonchev–Trinajstić information content (AvgIpc) is 2.13. The van der Waals surface area contributed by atoms with Gasteiger partial charge in [0.1, 0.15) is 10.6 Å². The molecule has 0 heterocycles. The predicted molar refractivity (Wildman–Crippen MR) is 59.4 cm³/mol. The number of nitrogens with two attached hydrogens (primary N) is 1. The zero-order chi connectivity index (χ0) is 14.1. The van der Waals surface area contributed by atoms with Crippen LogP contribution in [0.4, 0.5) is 18.9 Å².